The molecular weight excluding hydrogens is 278 g/mol. The van der Waals surface area contributed by atoms with Gasteiger partial charge in [-0.1, -0.05) is 0 Å². The summed E-state index contributed by atoms with van der Waals surface area (Å²) >= 11 is 5.98. The second-order valence-corrected chi connectivity index (χ2v) is 4.58. The number of ether oxygens (including phenoxy) is 1. The van der Waals surface area contributed by atoms with E-state index in [9.17, 15) is 0 Å². The summed E-state index contributed by atoms with van der Waals surface area (Å²) in [6.45, 7) is 1.52. The predicted molar refractivity (Wildman–Crippen MR) is 75.9 cm³/mol. The van der Waals surface area contributed by atoms with Gasteiger partial charge in [-0.05, 0) is 6.07 Å². The quantitative estimate of drug-likeness (QED) is 0.675. The van der Waals surface area contributed by atoms with Crippen LogP contribution in [0.15, 0.2) is 30.9 Å². The predicted octanol–water partition coefficient (Wildman–Crippen LogP) is 2.08. The molecule has 3 rings (SSSR count). The molecule has 0 bridgehead atoms. The summed E-state index contributed by atoms with van der Waals surface area (Å²) in [7, 11) is 1.60. The number of alkyl halides is 1. The number of hydrogen-bond acceptors (Lipinski definition) is 4. The fourth-order valence-corrected chi connectivity index (χ4v) is 2.32. The number of aromatic nitrogens is 5. The molecule has 0 saturated carbocycles. The van der Waals surface area contributed by atoms with Gasteiger partial charge in [-0.15, -0.1) is 11.6 Å². The molecule has 0 radical (unpaired) electrons. The molecule has 0 atom stereocenters. The first kappa shape index (κ1) is 12.9. The lowest BCUT2D eigenvalue weighted by molar-refractivity contribution is 0.398. The van der Waals surface area contributed by atoms with Crippen LogP contribution in [0.1, 0.15) is 5.82 Å². The normalized spacial score (nSPS) is 11.1. The van der Waals surface area contributed by atoms with Crippen molar-refractivity contribution in [2.45, 2.75) is 19.0 Å². The van der Waals surface area contributed by atoms with E-state index in [1.807, 2.05) is 21.4 Å². The molecule has 0 aliphatic rings. The first-order valence-corrected chi connectivity index (χ1v) is 6.77. The first-order chi connectivity index (χ1) is 9.81. The number of aryl methyl sites for hydroxylation is 2. The van der Waals surface area contributed by atoms with Crippen LogP contribution in [0.4, 0.5) is 0 Å². The van der Waals surface area contributed by atoms with Gasteiger partial charge in [0.05, 0.1) is 19.3 Å². The van der Waals surface area contributed by atoms with Gasteiger partial charge >= 0.3 is 0 Å². The van der Waals surface area contributed by atoms with E-state index in [1.165, 1.54) is 0 Å². The largest absolute Gasteiger partial charge is 0.481 e. The molecule has 3 heterocycles. The SMILES string of the molecule is COc1ccc2nc(CCl)n(CCn3ccnc3)c2n1. The lowest BCUT2D eigenvalue weighted by Gasteiger charge is -2.08. The molecule has 0 aliphatic heterocycles. The summed E-state index contributed by atoms with van der Waals surface area (Å²) < 4.78 is 9.19. The second kappa shape index (κ2) is 5.50. The number of methoxy groups -OCH3 is 1. The second-order valence-electron chi connectivity index (χ2n) is 4.31. The summed E-state index contributed by atoms with van der Waals surface area (Å²) in [4.78, 5) is 13.0. The van der Waals surface area contributed by atoms with Crippen LogP contribution >= 0.6 is 11.6 Å². The number of halogens is 1. The Morgan fingerprint density at radius 2 is 2.15 bits per heavy atom. The van der Waals surface area contributed by atoms with Crippen LogP contribution in [-0.2, 0) is 19.0 Å². The maximum absolute atomic E-state index is 5.98. The number of pyridine rings is 1. The van der Waals surface area contributed by atoms with Crippen molar-refractivity contribution in [2.24, 2.45) is 0 Å². The number of rotatable bonds is 5. The van der Waals surface area contributed by atoms with Crippen LogP contribution in [0.3, 0.4) is 0 Å². The van der Waals surface area contributed by atoms with Gasteiger partial charge in [-0.3, -0.25) is 0 Å². The Morgan fingerprint density at radius 1 is 1.25 bits per heavy atom. The molecule has 0 aliphatic carbocycles. The van der Waals surface area contributed by atoms with Crippen LogP contribution < -0.4 is 4.74 Å². The number of hydrogen-bond donors (Lipinski definition) is 0. The molecule has 6 nitrogen and oxygen atoms in total. The third-order valence-electron chi connectivity index (χ3n) is 3.12. The minimum absolute atomic E-state index is 0.350. The van der Waals surface area contributed by atoms with Crippen molar-refractivity contribution in [3.8, 4) is 5.88 Å². The van der Waals surface area contributed by atoms with E-state index in [1.54, 1.807) is 25.7 Å². The summed E-state index contributed by atoms with van der Waals surface area (Å²) in [5, 5.41) is 0. The zero-order valence-corrected chi connectivity index (χ0v) is 11.8. The molecule has 0 unspecified atom stereocenters. The fraction of sp³-hybridized carbons (Fsp3) is 0.308. The minimum Gasteiger partial charge on any atom is -0.481 e. The van der Waals surface area contributed by atoms with Gasteiger partial charge in [0, 0.05) is 31.5 Å². The molecule has 3 aromatic rings. The lowest BCUT2D eigenvalue weighted by atomic mass is 10.4. The Morgan fingerprint density at radius 3 is 2.85 bits per heavy atom. The van der Waals surface area contributed by atoms with Crippen molar-refractivity contribution in [3.05, 3.63) is 36.7 Å². The average molecular weight is 292 g/mol. The summed E-state index contributed by atoms with van der Waals surface area (Å²) in [5.41, 5.74) is 1.62. The molecule has 104 valence electrons. The van der Waals surface area contributed by atoms with Gasteiger partial charge in [0.1, 0.15) is 11.3 Å². The van der Waals surface area contributed by atoms with Crippen LogP contribution in [0.2, 0.25) is 0 Å². The Hall–Kier alpha value is -2.08. The molecule has 0 saturated heterocycles. The third kappa shape index (κ3) is 2.34. The maximum atomic E-state index is 5.98. The van der Waals surface area contributed by atoms with Crippen molar-refractivity contribution in [1.82, 2.24) is 24.1 Å². The first-order valence-electron chi connectivity index (χ1n) is 6.23. The molecule has 0 N–H and O–H groups in total. The van der Waals surface area contributed by atoms with E-state index in [4.69, 9.17) is 16.3 Å². The number of nitrogens with zero attached hydrogens (tertiary/aromatic N) is 5. The smallest absolute Gasteiger partial charge is 0.215 e. The highest BCUT2D eigenvalue weighted by Crippen LogP contribution is 2.19. The maximum Gasteiger partial charge on any atom is 0.215 e. The van der Waals surface area contributed by atoms with Crippen LogP contribution in [0, 0.1) is 0 Å². The zero-order valence-electron chi connectivity index (χ0n) is 11.0. The summed E-state index contributed by atoms with van der Waals surface area (Å²) in [5.74, 6) is 1.73. The van der Waals surface area contributed by atoms with E-state index in [0.29, 0.717) is 11.8 Å². The molecule has 0 fully saturated rings. The van der Waals surface area contributed by atoms with Gasteiger partial charge in [0.2, 0.25) is 5.88 Å². The van der Waals surface area contributed by atoms with Gasteiger partial charge in [-0.2, -0.15) is 4.98 Å². The van der Waals surface area contributed by atoms with Crippen LogP contribution in [0.5, 0.6) is 5.88 Å². The van der Waals surface area contributed by atoms with Crippen LogP contribution in [0.25, 0.3) is 11.2 Å². The van der Waals surface area contributed by atoms with Crippen LogP contribution in [-0.4, -0.2) is 31.2 Å². The van der Waals surface area contributed by atoms with E-state index in [-0.39, 0.29) is 0 Å². The highest BCUT2D eigenvalue weighted by molar-refractivity contribution is 6.16. The van der Waals surface area contributed by atoms with Gasteiger partial charge in [0.15, 0.2) is 5.65 Å². The van der Waals surface area contributed by atoms with Crippen molar-refractivity contribution < 1.29 is 4.74 Å². The molecule has 3 aromatic heterocycles. The van der Waals surface area contributed by atoms with Crippen molar-refractivity contribution >= 4 is 22.8 Å². The Labute approximate surface area is 121 Å². The summed E-state index contributed by atoms with van der Waals surface area (Å²) in [6.07, 6.45) is 5.47. The van der Waals surface area contributed by atoms with E-state index < -0.39 is 0 Å². The standard InChI is InChI=1S/C13H14ClN5O/c1-20-12-3-2-10-13(17-12)19(11(8-14)16-10)7-6-18-5-4-15-9-18/h2-5,9H,6-8H2,1H3. The van der Waals surface area contributed by atoms with E-state index >= 15 is 0 Å². The number of fused-ring (bicyclic) bond motifs is 1. The van der Waals surface area contributed by atoms with Gasteiger partial charge in [-0.25, -0.2) is 9.97 Å². The van der Waals surface area contributed by atoms with Gasteiger partial charge < -0.3 is 13.9 Å². The van der Waals surface area contributed by atoms with Crippen molar-refractivity contribution in [3.63, 3.8) is 0 Å². The molecule has 0 amide bonds. The highest BCUT2D eigenvalue weighted by atomic mass is 35.5. The fourth-order valence-electron chi connectivity index (χ4n) is 2.12. The van der Waals surface area contributed by atoms with E-state index in [2.05, 4.69) is 15.0 Å². The average Bonchev–Trinajstić information content (AvgIpc) is 3.11. The summed E-state index contributed by atoms with van der Waals surface area (Å²) in [6, 6.07) is 3.69. The molecule has 0 aromatic carbocycles. The monoisotopic (exact) mass is 291 g/mol. The molecule has 7 heteroatoms. The van der Waals surface area contributed by atoms with E-state index in [0.717, 1.165) is 30.1 Å². The lowest BCUT2D eigenvalue weighted by Crippen LogP contribution is -2.09. The molecular formula is C13H14ClN5O. The zero-order chi connectivity index (χ0) is 13.9. The number of imidazole rings is 2. The van der Waals surface area contributed by atoms with Crippen molar-refractivity contribution in [2.75, 3.05) is 7.11 Å². The Kier molecular flexibility index (Phi) is 3.56. The topological polar surface area (TPSA) is 57.8 Å². The van der Waals surface area contributed by atoms with Crippen molar-refractivity contribution in [1.29, 1.82) is 0 Å². The Bertz CT molecular complexity index is 707. The molecule has 20 heavy (non-hydrogen) atoms. The minimum atomic E-state index is 0.350. The third-order valence-corrected chi connectivity index (χ3v) is 3.35. The highest BCUT2D eigenvalue weighted by Gasteiger charge is 2.12. The molecule has 0 spiro atoms. The Balaban J connectivity index is 1.97. The van der Waals surface area contributed by atoms with Gasteiger partial charge in [0.25, 0.3) is 0 Å².